The second kappa shape index (κ2) is 44.4. The molecule has 0 heterocycles. The summed E-state index contributed by atoms with van der Waals surface area (Å²) in [5, 5.41) is 0. The molecule has 4 bridgehead atoms. The summed E-state index contributed by atoms with van der Waals surface area (Å²) in [5.74, 6) is 17.3. The summed E-state index contributed by atoms with van der Waals surface area (Å²) in [5.41, 5.74) is 9.06. The van der Waals surface area contributed by atoms with Crippen molar-refractivity contribution < 1.29 is 28.4 Å². The van der Waals surface area contributed by atoms with Crippen LogP contribution < -0.4 is 28.4 Å². The summed E-state index contributed by atoms with van der Waals surface area (Å²) >= 11 is 0. The molecule has 9 aliphatic carbocycles. The van der Waals surface area contributed by atoms with Gasteiger partial charge in [0, 0.05) is 5.92 Å². The fraction of sp³-hybridized carbons (Fsp3) is 0.679. The largest absolute Gasteiger partial charge is 0.488 e. The molecule has 9 fully saturated rings. The van der Waals surface area contributed by atoms with Gasteiger partial charge in [-0.3, -0.25) is 0 Å². The minimum atomic E-state index is 0.0656. The fourth-order valence-electron chi connectivity index (χ4n) is 22.5. The van der Waals surface area contributed by atoms with Crippen molar-refractivity contribution in [2.45, 2.75) is 439 Å². The van der Waals surface area contributed by atoms with Gasteiger partial charge in [0.2, 0.25) is 0 Å². The molecule has 0 N–H and O–H groups in total. The van der Waals surface area contributed by atoms with Crippen LogP contribution in [0.3, 0.4) is 0 Å². The second-order valence-corrected chi connectivity index (χ2v) is 40.5. The van der Waals surface area contributed by atoms with Crippen LogP contribution in [-0.2, 0) is 0 Å². The molecular weight excluding hydrogens is 1440 g/mol. The molecule has 0 aromatic heterocycles. The van der Waals surface area contributed by atoms with Crippen LogP contribution in [0.1, 0.15) is 439 Å². The molecule has 0 spiro atoms. The fourth-order valence-corrected chi connectivity index (χ4v) is 22.5. The van der Waals surface area contributed by atoms with Crippen molar-refractivity contribution >= 4 is 0 Å². The van der Waals surface area contributed by atoms with Crippen LogP contribution >= 0.6 is 0 Å². The van der Waals surface area contributed by atoms with Gasteiger partial charge in [0.1, 0.15) is 68.1 Å². The number of hydrogen-bond acceptors (Lipinski definition) is 6. The van der Waals surface area contributed by atoms with Crippen molar-refractivity contribution in [3.05, 3.63) is 179 Å². The molecule has 6 heteroatoms. The topological polar surface area (TPSA) is 55.4 Å². The molecule has 6 nitrogen and oxygen atoms in total. The van der Waals surface area contributed by atoms with Gasteiger partial charge in [-0.25, -0.2) is 0 Å². The number of benzene rings is 6. The predicted octanol–water partition coefficient (Wildman–Crippen LogP) is 33.8. The third-order valence-electron chi connectivity index (χ3n) is 32.2. The lowest BCUT2D eigenvalue weighted by Gasteiger charge is -2.44. The van der Waals surface area contributed by atoms with E-state index in [1.165, 1.54) is 245 Å². The molecule has 0 aliphatic heterocycles. The zero-order valence-electron chi connectivity index (χ0n) is 78.8. The maximum atomic E-state index is 6.68. The summed E-state index contributed by atoms with van der Waals surface area (Å²) in [6.45, 7) is 45.5. The van der Waals surface area contributed by atoms with Crippen molar-refractivity contribution in [1.29, 1.82) is 0 Å². The maximum absolute atomic E-state index is 6.68. The molecule has 9 saturated carbocycles. The van der Waals surface area contributed by atoms with Crippen molar-refractivity contribution in [1.82, 2.24) is 0 Å². The molecule has 9 aliphatic rings. The van der Waals surface area contributed by atoms with Gasteiger partial charge in [0.05, 0.1) is 0 Å². The Morgan fingerprint density at radius 3 is 0.822 bits per heavy atom. The SMILES string of the molecule is CCC(C)c1ccc(OC2(C(C)C)CCCC2)cc1.CCC(C)c1ccc(OC2(C(C)C)CCCCC2)cc1.CCC(C)c1ccc(OC2(C)CC3CC2C2C4CCC(C4)C32)cc1.CCC(C)c1ccc(OC2(C)CCCCC2)cc1.CCC(C)c1ccc(OC2(CC)CCCC2)cc1.CCC(C)c1ccc(OC2(CC)CCCCC2)cc1. The van der Waals surface area contributed by atoms with Crippen LogP contribution in [0.25, 0.3) is 0 Å². The second-order valence-electron chi connectivity index (χ2n) is 40.5. The van der Waals surface area contributed by atoms with E-state index in [-0.39, 0.29) is 33.6 Å². The first-order chi connectivity index (χ1) is 56.7. The van der Waals surface area contributed by atoms with Gasteiger partial charge in [-0.15, -0.1) is 0 Å². The standard InChI is InChI=1S/C23H32O.C19H30O.2C18H28O.2C17H26O/c1-4-14(2)15-7-9-19(10-8-15)24-23(3)13-18-12-20(23)22-17-6-5-16(11-17)21(18)22;1-5-16(4)17-9-11-18(12-10-17)20-19(15(2)3)13-7-6-8-14-19;1-5-15(4)16-8-10-17(11-9-16)19-18(14(2)3)12-6-7-13-18;1-4-15(3)16-9-11-17(12-10-16)19-18(5-2)13-7-6-8-14-18;1-4-14(2)15-8-10-16(11-9-15)18-17(3)12-6-5-7-13-17;1-4-14(3)15-8-10-16(11-9-15)18-17(5-2)12-6-7-13-17/h7-10,14,16-18,20-22H,4-6,11-13H2,1-3H3;9-12,15-16H,5-8,13-14H2,1-4H3;8-11,14-15H,5-7,12-13H2,1-4H3;9-12,15H,4-8,13-14H2,1-3H3;2*8-11,14H,4-7,12-13H2,1-3H3. The molecule has 6 aromatic carbocycles. The molecule has 13 unspecified atom stereocenters. The van der Waals surface area contributed by atoms with Crippen LogP contribution in [0.4, 0.5) is 0 Å². The van der Waals surface area contributed by atoms with E-state index in [2.05, 4.69) is 284 Å². The van der Waals surface area contributed by atoms with Crippen molar-refractivity contribution in [3.8, 4) is 34.5 Å². The molecular formula is C112H170O6. The minimum absolute atomic E-state index is 0.0656. The lowest BCUT2D eigenvalue weighted by atomic mass is 9.66. The highest BCUT2D eigenvalue weighted by molar-refractivity contribution is 5.36. The Kier molecular flexibility index (Phi) is 35.5. The highest BCUT2D eigenvalue weighted by Gasteiger charge is 2.66. The zero-order chi connectivity index (χ0) is 84.7. The van der Waals surface area contributed by atoms with Gasteiger partial charge >= 0.3 is 0 Å². The summed E-state index contributed by atoms with van der Waals surface area (Å²) in [4.78, 5) is 0. The lowest BCUT2D eigenvalue weighted by Crippen LogP contribution is -2.46. The summed E-state index contributed by atoms with van der Waals surface area (Å²) in [6, 6.07) is 52.8. The predicted molar refractivity (Wildman–Crippen MR) is 503 cm³/mol. The first-order valence-electron chi connectivity index (χ1n) is 49.5. The van der Waals surface area contributed by atoms with Gasteiger partial charge in [0.25, 0.3) is 0 Å². The molecule has 0 radical (unpaired) electrons. The Balaban J connectivity index is 0.000000150. The van der Waals surface area contributed by atoms with Gasteiger partial charge < -0.3 is 28.4 Å². The minimum Gasteiger partial charge on any atom is -0.488 e. The van der Waals surface area contributed by atoms with Gasteiger partial charge in [-0.05, 0) is 409 Å². The Labute approximate surface area is 723 Å². The summed E-state index contributed by atoms with van der Waals surface area (Å²) in [6.07, 6.45) is 46.1. The van der Waals surface area contributed by atoms with Crippen molar-refractivity contribution in [2.24, 2.45) is 47.3 Å². The molecule has 6 aromatic rings. The monoisotopic (exact) mass is 1610 g/mol. The number of ether oxygens (including phenoxy) is 6. The average molecular weight is 1610 g/mol. The third kappa shape index (κ3) is 24.8. The van der Waals surface area contributed by atoms with E-state index in [1.54, 1.807) is 6.42 Å². The van der Waals surface area contributed by atoms with Gasteiger partial charge in [-0.2, -0.15) is 0 Å². The first kappa shape index (κ1) is 94.4. The quantitative estimate of drug-likeness (QED) is 0.0456. The Hall–Kier alpha value is -5.88. The Morgan fingerprint density at radius 2 is 0.525 bits per heavy atom. The molecule has 0 amide bonds. The van der Waals surface area contributed by atoms with Crippen molar-refractivity contribution in [2.75, 3.05) is 0 Å². The number of fused-ring (bicyclic) bond motifs is 9. The zero-order valence-corrected chi connectivity index (χ0v) is 78.8. The molecule has 0 saturated heterocycles. The van der Waals surface area contributed by atoms with Crippen LogP contribution in [0, 0.1) is 47.3 Å². The summed E-state index contributed by atoms with van der Waals surface area (Å²) in [7, 11) is 0. The molecule has 654 valence electrons. The third-order valence-corrected chi connectivity index (χ3v) is 32.2. The van der Waals surface area contributed by atoms with Gasteiger partial charge in [0.15, 0.2) is 0 Å². The van der Waals surface area contributed by atoms with E-state index >= 15 is 0 Å². The van der Waals surface area contributed by atoms with E-state index in [9.17, 15) is 0 Å². The molecule has 13 atom stereocenters. The van der Waals surface area contributed by atoms with Gasteiger partial charge in [-0.1, -0.05) is 217 Å². The average Bonchev–Trinajstić information content (AvgIpc) is 1.54. The number of rotatable bonds is 28. The summed E-state index contributed by atoms with van der Waals surface area (Å²) < 4.78 is 38.4. The van der Waals surface area contributed by atoms with Crippen LogP contribution in [0.15, 0.2) is 146 Å². The van der Waals surface area contributed by atoms with Crippen LogP contribution in [0.2, 0.25) is 0 Å². The smallest absolute Gasteiger partial charge is 0.120 e. The lowest BCUT2D eigenvalue weighted by molar-refractivity contribution is -0.0304. The van der Waals surface area contributed by atoms with E-state index in [0.29, 0.717) is 47.3 Å². The Bertz CT molecular complexity index is 3780. The maximum Gasteiger partial charge on any atom is 0.120 e. The Morgan fingerprint density at radius 1 is 0.271 bits per heavy atom. The van der Waals surface area contributed by atoms with E-state index in [4.69, 9.17) is 28.4 Å². The number of hydrogen-bond donors (Lipinski definition) is 0. The highest BCUT2D eigenvalue weighted by atomic mass is 16.5. The highest BCUT2D eigenvalue weighted by Crippen LogP contribution is 2.70. The van der Waals surface area contributed by atoms with Crippen LogP contribution in [0.5, 0.6) is 34.5 Å². The van der Waals surface area contributed by atoms with E-state index in [1.807, 2.05) is 0 Å². The van der Waals surface area contributed by atoms with Crippen LogP contribution in [-0.4, -0.2) is 33.6 Å². The van der Waals surface area contributed by atoms with E-state index < -0.39 is 0 Å². The van der Waals surface area contributed by atoms with E-state index in [0.717, 1.165) is 82.8 Å². The first-order valence-corrected chi connectivity index (χ1v) is 49.5. The normalized spacial score (nSPS) is 25.3. The molecule has 15 rings (SSSR count). The van der Waals surface area contributed by atoms with Crippen molar-refractivity contribution in [3.63, 3.8) is 0 Å². The molecule has 118 heavy (non-hydrogen) atoms.